The Hall–Kier alpha value is -2.75. The standard InChI is InChI=1S/C20H20O4/c1-4-23-15-7-5-14(6-8-15)11-18-13(2)20(21)24-19-12-16(22-3)9-10-17(18)19/h5-10,12H,4,11H2,1-3H3. The normalized spacial score (nSPS) is 10.8. The molecule has 0 aliphatic rings. The second-order valence-electron chi connectivity index (χ2n) is 5.61. The molecule has 0 N–H and O–H groups in total. The van der Waals surface area contributed by atoms with E-state index in [0.29, 0.717) is 29.9 Å². The number of fused-ring (bicyclic) bond motifs is 1. The molecule has 0 spiro atoms. The minimum absolute atomic E-state index is 0.309. The maximum Gasteiger partial charge on any atom is 0.339 e. The first kappa shape index (κ1) is 16.1. The summed E-state index contributed by atoms with van der Waals surface area (Å²) in [5, 5.41) is 0.932. The second-order valence-corrected chi connectivity index (χ2v) is 5.61. The third-order valence-corrected chi connectivity index (χ3v) is 4.09. The molecule has 0 saturated carbocycles. The molecule has 4 nitrogen and oxygen atoms in total. The second kappa shape index (κ2) is 6.79. The highest BCUT2D eigenvalue weighted by atomic mass is 16.5. The Balaban J connectivity index is 2.04. The number of rotatable bonds is 5. The molecule has 0 aliphatic heterocycles. The molecule has 0 bridgehead atoms. The summed E-state index contributed by atoms with van der Waals surface area (Å²) in [4.78, 5) is 12.2. The molecule has 0 saturated heterocycles. The molecule has 3 aromatic rings. The zero-order valence-electron chi connectivity index (χ0n) is 14.1. The van der Waals surface area contributed by atoms with Gasteiger partial charge in [-0.25, -0.2) is 4.79 Å². The van der Waals surface area contributed by atoms with Crippen molar-refractivity contribution in [2.45, 2.75) is 20.3 Å². The van der Waals surface area contributed by atoms with E-state index in [1.165, 1.54) is 0 Å². The van der Waals surface area contributed by atoms with E-state index in [9.17, 15) is 4.79 Å². The smallest absolute Gasteiger partial charge is 0.339 e. The molecule has 4 heteroatoms. The molecule has 0 fully saturated rings. The predicted molar refractivity (Wildman–Crippen MR) is 94.2 cm³/mol. The Kier molecular flexibility index (Phi) is 4.56. The van der Waals surface area contributed by atoms with E-state index in [-0.39, 0.29) is 5.63 Å². The molecule has 1 heterocycles. The minimum Gasteiger partial charge on any atom is -0.497 e. The molecule has 24 heavy (non-hydrogen) atoms. The average molecular weight is 324 g/mol. The van der Waals surface area contributed by atoms with Crippen molar-refractivity contribution >= 4 is 11.0 Å². The molecule has 2 aromatic carbocycles. The molecular weight excluding hydrogens is 304 g/mol. The van der Waals surface area contributed by atoms with Gasteiger partial charge in [0.2, 0.25) is 0 Å². The van der Waals surface area contributed by atoms with Crippen molar-refractivity contribution in [2.24, 2.45) is 0 Å². The van der Waals surface area contributed by atoms with Crippen LogP contribution in [-0.2, 0) is 6.42 Å². The van der Waals surface area contributed by atoms with Gasteiger partial charge in [0.05, 0.1) is 13.7 Å². The van der Waals surface area contributed by atoms with E-state index < -0.39 is 0 Å². The summed E-state index contributed by atoms with van der Waals surface area (Å²) in [6.45, 7) is 4.41. The van der Waals surface area contributed by atoms with E-state index in [4.69, 9.17) is 13.9 Å². The van der Waals surface area contributed by atoms with Crippen LogP contribution in [0.3, 0.4) is 0 Å². The van der Waals surface area contributed by atoms with E-state index in [0.717, 1.165) is 22.3 Å². The third-order valence-electron chi connectivity index (χ3n) is 4.09. The van der Waals surface area contributed by atoms with Crippen LogP contribution in [0.1, 0.15) is 23.6 Å². The van der Waals surface area contributed by atoms with E-state index >= 15 is 0 Å². The number of hydrogen-bond acceptors (Lipinski definition) is 4. The van der Waals surface area contributed by atoms with Crippen LogP contribution in [-0.4, -0.2) is 13.7 Å². The van der Waals surface area contributed by atoms with Gasteiger partial charge in [0.15, 0.2) is 0 Å². The topological polar surface area (TPSA) is 48.7 Å². The lowest BCUT2D eigenvalue weighted by atomic mass is 9.98. The monoisotopic (exact) mass is 324 g/mol. The van der Waals surface area contributed by atoms with E-state index in [2.05, 4.69) is 0 Å². The third kappa shape index (κ3) is 3.13. The van der Waals surface area contributed by atoms with Gasteiger partial charge in [-0.05, 0) is 55.7 Å². The van der Waals surface area contributed by atoms with Crippen LogP contribution in [0.4, 0.5) is 0 Å². The minimum atomic E-state index is -0.309. The fraction of sp³-hybridized carbons (Fsp3) is 0.250. The first-order chi connectivity index (χ1) is 11.6. The van der Waals surface area contributed by atoms with Gasteiger partial charge in [-0.3, -0.25) is 0 Å². The van der Waals surface area contributed by atoms with Crippen molar-refractivity contribution in [3.05, 3.63) is 69.6 Å². The number of benzene rings is 2. The van der Waals surface area contributed by atoms with Gasteiger partial charge in [-0.1, -0.05) is 12.1 Å². The highest BCUT2D eigenvalue weighted by Gasteiger charge is 2.12. The molecule has 0 unspecified atom stereocenters. The first-order valence-corrected chi connectivity index (χ1v) is 7.94. The zero-order chi connectivity index (χ0) is 17.1. The Morgan fingerprint density at radius 1 is 1.04 bits per heavy atom. The molecule has 1 aromatic heterocycles. The van der Waals surface area contributed by atoms with Crippen LogP contribution >= 0.6 is 0 Å². The average Bonchev–Trinajstić information content (AvgIpc) is 2.60. The molecular formula is C20H20O4. The highest BCUT2D eigenvalue weighted by molar-refractivity contribution is 5.83. The summed E-state index contributed by atoms with van der Waals surface area (Å²) in [5.41, 5.74) is 2.97. The largest absolute Gasteiger partial charge is 0.497 e. The predicted octanol–water partition coefficient (Wildman–Crippen LogP) is 4.10. The molecule has 3 rings (SSSR count). The number of hydrogen-bond donors (Lipinski definition) is 0. The van der Waals surface area contributed by atoms with Crippen LogP contribution in [0.2, 0.25) is 0 Å². The fourth-order valence-electron chi connectivity index (χ4n) is 2.77. The van der Waals surface area contributed by atoms with E-state index in [1.807, 2.05) is 43.3 Å². The lowest BCUT2D eigenvalue weighted by Crippen LogP contribution is -2.08. The summed E-state index contributed by atoms with van der Waals surface area (Å²) < 4.78 is 16.1. The number of methoxy groups -OCH3 is 1. The first-order valence-electron chi connectivity index (χ1n) is 7.94. The SMILES string of the molecule is CCOc1ccc(Cc2c(C)c(=O)oc3cc(OC)ccc23)cc1. The van der Waals surface area contributed by atoms with Crippen LogP contribution < -0.4 is 15.1 Å². The van der Waals surface area contributed by atoms with Gasteiger partial charge in [0, 0.05) is 17.0 Å². The Morgan fingerprint density at radius 2 is 1.75 bits per heavy atom. The molecule has 124 valence electrons. The van der Waals surface area contributed by atoms with Gasteiger partial charge < -0.3 is 13.9 Å². The van der Waals surface area contributed by atoms with E-state index in [1.54, 1.807) is 20.1 Å². The van der Waals surface area contributed by atoms with Crippen LogP contribution in [0.5, 0.6) is 11.5 Å². The summed E-state index contributed by atoms with van der Waals surface area (Å²) in [6.07, 6.45) is 0.659. The highest BCUT2D eigenvalue weighted by Crippen LogP contribution is 2.26. The van der Waals surface area contributed by atoms with Crippen molar-refractivity contribution in [1.29, 1.82) is 0 Å². The van der Waals surface area contributed by atoms with Gasteiger partial charge in [0.1, 0.15) is 17.1 Å². The van der Waals surface area contributed by atoms with Crippen molar-refractivity contribution in [3.63, 3.8) is 0 Å². The maximum atomic E-state index is 12.2. The lowest BCUT2D eigenvalue weighted by molar-refractivity contribution is 0.340. The van der Waals surface area contributed by atoms with Crippen LogP contribution in [0, 0.1) is 6.92 Å². The number of ether oxygens (including phenoxy) is 2. The van der Waals surface area contributed by atoms with Gasteiger partial charge in [-0.15, -0.1) is 0 Å². The Labute approximate surface area is 140 Å². The van der Waals surface area contributed by atoms with Crippen molar-refractivity contribution in [3.8, 4) is 11.5 Å². The van der Waals surface area contributed by atoms with Crippen molar-refractivity contribution < 1.29 is 13.9 Å². The Morgan fingerprint density at radius 3 is 2.42 bits per heavy atom. The van der Waals surface area contributed by atoms with Crippen LogP contribution in [0.15, 0.2) is 51.7 Å². The summed E-state index contributed by atoms with van der Waals surface area (Å²) in [5.74, 6) is 1.52. The summed E-state index contributed by atoms with van der Waals surface area (Å²) in [6, 6.07) is 13.5. The summed E-state index contributed by atoms with van der Waals surface area (Å²) in [7, 11) is 1.59. The fourth-order valence-corrected chi connectivity index (χ4v) is 2.77. The Bertz CT molecular complexity index is 907. The zero-order valence-corrected chi connectivity index (χ0v) is 14.1. The molecule has 0 amide bonds. The maximum absolute atomic E-state index is 12.2. The van der Waals surface area contributed by atoms with Gasteiger partial charge >= 0.3 is 5.63 Å². The molecule has 0 aliphatic carbocycles. The quantitative estimate of drug-likeness (QED) is 0.663. The summed E-state index contributed by atoms with van der Waals surface area (Å²) >= 11 is 0. The van der Waals surface area contributed by atoms with Gasteiger partial charge in [0.25, 0.3) is 0 Å². The molecule has 0 radical (unpaired) electrons. The molecule has 0 atom stereocenters. The van der Waals surface area contributed by atoms with Crippen LogP contribution in [0.25, 0.3) is 11.0 Å². The lowest BCUT2D eigenvalue weighted by Gasteiger charge is -2.11. The van der Waals surface area contributed by atoms with Gasteiger partial charge in [-0.2, -0.15) is 0 Å². The van der Waals surface area contributed by atoms with Crippen molar-refractivity contribution in [2.75, 3.05) is 13.7 Å². The van der Waals surface area contributed by atoms with Crippen molar-refractivity contribution in [1.82, 2.24) is 0 Å².